The summed E-state index contributed by atoms with van der Waals surface area (Å²) in [7, 11) is 0. The van der Waals surface area contributed by atoms with Crippen LogP contribution in [0, 0.1) is 46.3 Å². The first kappa shape index (κ1) is 99.2. The van der Waals surface area contributed by atoms with Gasteiger partial charge < -0.3 is 169 Å². The third-order valence-corrected chi connectivity index (χ3v) is 23.9. The van der Waals surface area contributed by atoms with E-state index in [-0.39, 0.29) is 37.4 Å². The molecule has 22 unspecified atom stereocenters. The Morgan fingerprint density at radius 1 is 0.446 bits per heavy atom. The fraction of sp³-hybridized carbons (Fsp3) is 0.974. The summed E-state index contributed by atoms with van der Waals surface area (Å²) in [5.41, 5.74) is 2.84. The minimum atomic E-state index is -2.06. The Hall–Kier alpha value is -1.62. The van der Waals surface area contributed by atoms with Crippen LogP contribution in [0.15, 0.2) is 11.6 Å². The Balaban J connectivity index is 0.000000224. The Bertz CT molecular complexity index is 2640. The molecule has 9 fully saturated rings. The van der Waals surface area contributed by atoms with E-state index in [1.807, 2.05) is 0 Å². The highest BCUT2D eigenvalue weighted by atomic mass is 16.8. The van der Waals surface area contributed by atoms with E-state index in [4.69, 9.17) is 71.8 Å². The largest absolute Gasteiger partial charge is 0.394 e. The summed E-state index contributed by atoms with van der Waals surface area (Å²) in [6.45, 7) is 27.7. The lowest BCUT2D eigenvalue weighted by molar-refractivity contribution is -0.373. The molecule has 34 nitrogen and oxygen atoms in total. The third-order valence-electron chi connectivity index (χ3n) is 23.9. The van der Waals surface area contributed by atoms with E-state index >= 15 is 0 Å². The molecule has 0 bridgehead atoms. The van der Waals surface area contributed by atoms with Gasteiger partial charge in [0.25, 0.3) is 0 Å². The molecular formula is C78H144O34. The normalized spacial score (nSPS) is 44.4. The molecule has 4 aliphatic carbocycles. The van der Waals surface area contributed by atoms with Crippen LogP contribution < -0.4 is 0 Å². The van der Waals surface area contributed by atoms with Gasteiger partial charge in [0.1, 0.15) is 129 Å². The van der Waals surface area contributed by atoms with Gasteiger partial charge in [-0.1, -0.05) is 65.5 Å². The molecule has 21 N–H and O–H groups in total. The maximum atomic E-state index is 10.3. The molecule has 6 aliphatic heterocycles. The van der Waals surface area contributed by atoms with Crippen molar-refractivity contribution in [1.29, 1.82) is 0 Å². The van der Waals surface area contributed by atoms with E-state index in [9.17, 15) is 97.0 Å². The van der Waals surface area contributed by atoms with E-state index in [0.717, 1.165) is 35.5 Å². The van der Waals surface area contributed by atoms with Gasteiger partial charge in [0.2, 0.25) is 5.79 Å². The zero-order chi connectivity index (χ0) is 83.9. The molecule has 0 spiro atoms. The number of rotatable bonds is 26. The van der Waals surface area contributed by atoms with Crippen molar-refractivity contribution < 1.29 is 169 Å². The van der Waals surface area contributed by atoms with Crippen LogP contribution in [-0.4, -0.2) is 362 Å². The van der Waals surface area contributed by atoms with Gasteiger partial charge in [0, 0.05) is 6.42 Å². The van der Waals surface area contributed by atoms with Gasteiger partial charge in [-0.25, -0.2) is 0 Å². The standard InChI is InChI=1S/C30H52O.C15H28O11.C15H28O10.2C9H18O6/c1-20(2)9-8-10-22(5)26-13-14-27-25-12-11-23-19-24(31-21(3)4)15-17-29(23,6)28(25)16-18-30(26,27)7;1-5(2)23-14-12(22)10(20)13(7(4-17)25-14)26-15-11(21)9(19)8(18)6(3-16)24-15;1-7(2)22-5-10-12(20)13(21)15(6-17,24-10)25-14-11(19)9(18)3-8(4-16)23-14;2*1-4(2)14-9-8(13)7(12)6(11)5(3-10)15-9/h11,20-22,24-28H,8-10,12-19H2,1-7H3;5-22H,3-4H2,1-2H3;7-14,16-21H,3-6H2,1-2H3;2*4-13H,3H2,1-2H3/t22?,24-,25?,26?,27?,28?,29?,30?;6?,7?,8-,9?,10?,11?,12?,13+,14-,15-;8?,9?,10-,11?,12?,13?,14-,15+;5?,6-,7+,8?,9+;5?,6-,7-,8?,9-/m00110/s1. The molecule has 0 aromatic carbocycles. The summed E-state index contributed by atoms with van der Waals surface area (Å²) in [5.74, 6) is 3.54. The molecule has 3 saturated carbocycles. The number of hydrogen-bond donors (Lipinski definition) is 21. The summed E-state index contributed by atoms with van der Waals surface area (Å²) in [6, 6.07) is 0. The average molecular weight is 1630 g/mol. The average Bonchev–Trinajstić information content (AvgIpc) is 1.33. The molecule has 0 radical (unpaired) electrons. The van der Waals surface area contributed by atoms with E-state index in [1.54, 1.807) is 61.0 Å². The maximum Gasteiger partial charge on any atom is 0.224 e. The van der Waals surface area contributed by atoms with Crippen molar-refractivity contribution in [3.8, 4) is 0 Å². The number of ether oxygens (including phenoxy) is 13. The van der Waals surface area contributed by atoms with Crippen LogP contribution in [0.1, 0.15) is 181 Å². The van der Waals surface area contributed by atoms with Crippen molar-refractivity contribution in [3.05, 3.63) is 11.6 Å². The van der Waals surface area contributed by atoms with Crippen LogP contribution >= 0.6 is 0 Å². The number of hydrogen-bond acceptors (Lipinski definition) is 34. The lowest BCUT2D eigenvalue weighted by Crippen LogP contribution is -2.64. The highest BCUT2D eigenvalue weighted by Gasteiger charge is 2.61. The fourth-order valence-corrected chi connectivity index (χ4v) is 17.9. The molecule has 0 aromatic heterocycles. The zero-order valence-electron chi connectivity index (χ0n) is 68.2. The van der Waals surface area contributed by atoms with Crippen LogP contribution in [0.5, 0.6) is 0 Å². The van der Waals surface area contributed by atoms with Crippen molar-refractivity contribution in [2.45, 2.75) is 389 Å². The van der Waals surface area contributed by atoms with Crippen LogP contribution in [-0.2, 0) is 61.6 Å². The molecule has 10 aliphatic rings. The van der Waals surface area contributed by atoms with Gasteiger partial charge >= 0.3 is 0 Å². The van der Waals surface area contributed by atoms with Crippen molar-refractivity contribution in [2.24, 2.45) is 46.3 Å². The number of aliphatic hydroxyl groups excluding tert-OH is 21. The first-order chi connectivity index (χ1) is 52.5. The second kappa shape index (κ2) is 44.8. The summed E-state index contributed by atoms with van der Waals surface area (Å²) < 4.78 is 69.9. The predicted molar refractivity (Wildman–Crippen MR) is 397 cm³/mol. The molecule has 6 heterocycles. The molecule has 34 heteroatoms. The molecule has 36 atom stereocenters. The topological polar surface area (TPSA) is 545 Å². The smallest absolute Gasteiger partial charge is 0.224 e. The van der Waals surface area contributed by atoms with Crippen LogP contribution in [0.4, 0.5) is 0 Å². The van der Waals surface area contributed by atoms with Crippen LogP contribution in [0.3, 0.4) is 0 Å². The highest BCUT2D eigenvalue weighted by molar-refractivity contribution is 5.26. The summed E-state index contributed by atoms with van der Waals surface area (Å²) in [4.78, 5) is 0. The van der Waals surface area contributed by atoms with Gasteiger partial charge in [-0.3, -0.25) is 0 Å². The molecular weight excluding hydrogens is 1480 g/mol. The number of aliphatic hydroxyl groups is 21. The van der Waals surface area contributed by atoms with Gasteiger partial charge in [-0.15, -0.1) is 0 Å². The Morgan fingerprint density at radius 3 is 1.39 bits per heavy atom. The quantitative estimate of drug-likeness (QED) is 0.0431. The van der Waals surface area contributed by atoms with E-state index < -0.39 is 211 Å². The van der Waals surface area contributed by atoms with Gasteiger partial charge in [0.15, 0.2) is 31.5 Å². The number of allylic oxidation sites excluding steroid dienone is 1. The molecule has 6 saturated heterocycles. The number of fused-ring (bicyclic) bond motifs is 5. The zero-order valence-corrected chi connectivity index (χ0v) is 68.2. The van der Waals surface area contributed by atoms with Crippen LogP contribution in [0.2, 0.25) is 0 Å². The van der Waals surface area contributed by atoms with Crippen molar-refractivity contribution in [3.63, 3.8) is 0 Å². The summed E-state index contributed by atoms with van der Waals surface area (Å²) in [5, 5.41) is 203. The maximum absolute atomic E-state index is 10.3. The SMILES string of the molecule is CC(C)CCCC(C)C1CCC2C3CC=C4C[C@@H](OC(C)C)CCC4(C)C3CCC12C.CC(C)OC[C@H]1O[C@@](CO)(O[C@H]2OC(CO)CC(O)C2O)C(O)C1O.CC(C)O[C@H]1OC(CO)[C@@H](O)[C@H](O)C1O.CC(C)O[C@H]1OC(CO)[C@@H](O[C@@H]2OC(CO)[C@H](O)C(O)C2O)C(O)C1O.CC(C)O[C@H]1OC(CO)[C@H](O)[C@H](O)C1O. The summed E-state index contributed by atoms with van der Waals surface area (Å²) >= 11 is 0. The van der Waals surface area contributed by atoms with Gasteiger partial charge in [-0.05, 0) is 167 Å². The van der Waals surface area contributed by atoms with Crippen molar-refractivity contribution in [2.75, 3.05) is 46.2 Å². The fourth-order valence-electron chi connectivity index (χ4n) is 17.9. The second-order valence-electron chi connectivity index (χ2n) is 34.5. The monoisotopic (exact) mass is 1620 g/mol. The minimum absolute atomic E-state index is 0.000537. The van der Waals surface area contributed by atoms with Gasteiger partial charge in [-0.2, -0.15) is 0 Å². The molecule has 112 heavy (non-hydrogen) atoms. The van der Waals surface area contributed by atoms with Gasteiger partial charge in [0.05, 0.1) is 88.5 Å². The van der Waals surface area contributed by atoms with E-state index in [2.05, 4.69) is 54.5 Å². The first-order valence-corrected chi connectivity index (χ1v) is 40.6. The minimum Gasteiger partial charge on any atom is -0.394 e. The Labute approximate surface area is 659 Å². The molecule has 660 valence electrons. The van der Waals surface area contributed by atoms with Crippen molar-refractivity contribution >= 4 is 0 Å². The Kier molecular flexibility index (Phi) is 39.7. The first-order valence-electron chi connectivity index (χ1n) is 40.6. The molecule has 0 amide bonds. The predicted octanol–water partition coefficient (Wildman–Crippen LogP) is -1.65. The van der Waals surface area contributed by atoms with Crippen molar-refractivity contribution in [1.82, 2.24) is 0 Å². The Morgan fingerprint density at radius 2 is 0.929 bits per heavy atom. The second-order valence-corrected chi connectivity index (χ2v) is 34.5. The lowest BCUT2D eigenvalue weighted by atomic mass is 9.47. The molecule has 0 aromatic rings. The van der Waals surface area contributed by atoms with E-state index in [1.165, 1.54) is 70.6 Å². The summed E-state index contributed by atoms with van der Waals surface area (Å²) in [6.07, 6.45) is -17.1. The lowest BCUT2D eigenvalue weighted by Gasteiger charge is -2.58. The van der Waals surface area contributed by atoms with Crippen LogP contribution in [0.25, 0.3) is 0 Å². The highest BCUT2D eigenvalue weighted by Crippen LogP contribution is 2.67. The van der Waals surface area contributed by atoms with E-state index in [0.29, 0.717) is 23.0 Å². The molecule has 10 rings (SSSR count). The third kappa shape index (κ3) is 24.8.